The summed E-state index contributed by atoms with van der Waals surface area (Å²) < 4.78 is 30.4. The van der Waals surface area contributed by atoms with Gasteiger partial charge in [-0.15, -0.1) is 0 Å². The summed E-state index contributed by atoms with van der Waals surface area (Å²) in [6.07, 6.45) is 2.10. The Kier molecular flexibility index (Phi) is 6.05. The molecular weight excluding hydrogens is 490 g/mol. The number of likely N-dealkylation sites (tertiary alicyclic amines) is 1. The van der Waals surface area contributed by atoms with Crippen LogP contribution in [-0.4, -0.2) is 63.2 Å². The minimum atomic E-state index is -3.75. The smallest absolute Gasteiger partial charge is 0.241 e. The molecule has 35 heavy (non-hydrogen) atoms. The number of hydrogen-bond donors (Lipinski definition) is 2. The summed E-state index contributed by atoms with van der Waals surface area (Å²) in [7, 11) is -2.30. The summed E-state index contributed by atoms with van der Waals surface area (Å²) in [6, 6.07) is 11.8. The van der Waals surface area contributed by atoms with Crippen LogP contribution in [-0.2, 0) is 24.8 Å². The fraction of sp³-hybridized carbons (Fsp3) is 0.440. The second-order valence-corrected chi connectivity index (χ2v) is 12.2. The van der Waals surface area contributed by atoms with Gasteiger partial charge in [0.2, 0.25) is 11.8 Å². The Labute approximate surface area is 209 Å². The maximum atomic E-state index is 12.9. The molecule has 2 amide bonds. The van der Waals surface area contributed by atoms with Gasteiger partial charge in [-0.3, -0.25) is 14.5 Å². The maximum Gasteiger partial charge on any atom is 0.241 e. The van der Waals surface area contributed by atoms with Gasteiger partial charge in [0.25, 0.3) is 0 Å². The zero-order valence-corrected chi connectivity index (χ0v) is 21.0. The second-order valence-electron chi connectivity index (χ2n) is 9.46. The lowest BCUT2D eigenvalue weighted by molar-refractivity contribution is -0.122. The Balaban J connectivity index is 1.15. The van der Waals surface area contributed by atoms with Crippen molar-refractivity contribution in [2.24, 2.45) is 0 Å². The van der Waals surface area contributed by atoms with Crippen LogP contribution in [0.4, 0.5) is 5.69 Å². The first-order chi connectivity index (χ1) is 16.7. The van der Waals surface area contributed by atoms with Crippen molar-refractivity contribution in [2.75, 3.05) is 38.6 Å². The molecule has 1 saturated heterocycles. The number of rotatable bonds is 7. The van der Waals surface area contributed by atoms with Crippen molar-refractivity contribution in [3.05, 3.63) is 53.1 Å². The fourth-order valence-corrected chi connectivity index (χ4v) is 7.34. The number of ether oxygens (including phenoxy) is 1. The van der Waals surface area contributed by atoms with Crippen LogP contribution in [0.5, 0.6) is 5.75 Å². The number of carbonyl (C=O) groups is 2. The molecule has 2 heterocycles. The first-order valence-corrected chi connectivity index (χ1v) is 13.6. The third-order valence-electron chi connectivity index (χ3n) is 7.56. The molecule has 186 valence electrons. The molecule has 2 aliphatic heterocycles. The fourth-order valence-electron chi connectivity index (χ4n) is 5.23. The number of piperidine rings is 1. The number of sulfone groups is 1. The van der Waals surface area contributed by atoms with Crippen molar-refractivity contribution in [1.29, 1.82) is 0 Å². The summed E-state index contributed by atoms with van der Waals surface area (Å²) in [5.41, 5.74) is 1.32. The number of anilines is 1. The average Bonchev–Trinajstić information content (AvgIpc) is 3.64. The molecule has 2 aromatic carbocycles. The van der Waals surface area contributed by atoms with E-state index < -0.39 is 25.9 Å². The molecule has 8 nitrogen and oxygen atoms in total. The summed E-state index contributed by atoms with van der Waals surface area (Å²) in [6.45, 7) is 2.67. The Morgan fingerprint density at radius 3 is 2.43 bits per heavy atom. The highest BCUT2D eigenvalue weighted by molar-refractivity contribution is 7.94. The van der Waals surface area contributed by atoms with Crippen LogP contribution in [0.2, 0.25) is 5.02 Å². The van der Waals surface area contributed by atoms with Gasteiger partial charge in [0.05, 0.1) is 10.3 Å². The Bertz CT molecular complexity index is 1270. The molecule has 0 radical (unpaired) electrons. The van der Waals surface area contributed by atoms with E-state index in [0.717, 1.165) is 24.3 Å². The van der Waals surface area contributed by atoms with Gasteiger partial charge < -0.3 is 15.4 Å². The molecule has 2 fully saturated rings. The van der Waals surface area contributed by atoms with Gasteiger partial charge in [0.1, 0.15) is 12.4 Å². The van der Waals surface area contributed by atoms with E-state index in [1.165, 1.54) is 19.2 Å². The molecule has 0 atom stereocenters. The van der Waals surface area contributed by atoms with Crippen LogP contribution in [0.3, 0.4) is 0 Å². The summed E-state index contributed by atoms with van der Waals surface area (Å²) >= 11 is 6.19. The van der Waals surface area contributed by atoms with Gasteiger partial charge >= 0.3 is 0 Å². The quantitative estimate of drug-likeness (QED) is 0.585. The molecule has 0 bridgehead atoms. The highest BCUT2D eigenvalue weighted by atomic mass is 35.5. The molecule has 0 unspecified atom stereocenters. The van der Waals surface area contributed by atoms with Gasteiger partial charge in [-0.2, -0.15) is 0 Å². The number of nitrogens with one attached hydrogen (secondary N) is 2. The van der Waals surface area contributed by atoms with Crippen LogP contribution >= 0.6 is 11.6 Å². The molecule has 3 aliphatic rings. The minimum absolute atomic E-state index is 0.0464. The van der Waals surface area contributed by atoms with Gasteiger partial charge in [-0.1, -0.05) is 11.6 Å². The summed E-state index contributed by atoms with van der Waals surface area (Å²) in [5.74, 6) is 0.161. The standard InChI is InChI=1S/C25H28ClN3O5S/c1-27-23(31)25(8-9-25)35(32,33)19-5-3-18(4-6-19)34-15-14-29-12-10-24(11-13-29)20-16-17(26)2-7-21(20)28-22(24)30/h2-7,16H,8-15H2,1H3,(H,27,31)(H,28,30). The monoisotopic (exact) mass is 517 g/mol. The number of amides is 2. The van der Waals surface area contributed by atoms with Gasteiger partial charge in [-0.05, 0) is 86.8 Å². The Morgan fingerprint density at radius 2 is 1.80 bits per heavy atom. The molecule has 10 heteroatoms. The Hall–Kier alpha value is -2.62. The zero-order valence-electron chi connectivity index (χ0n) is 19.5. The molecule has 2 N–H and O–H groups in total. The molecule has 2 aromatic rings. The van der Waals surface area contributed by atoms with Crippen LogP contribution in [0.25, 0.3) is 0 Å². The van der Waals surface area contributed by atoms with Crippen molar-refractivity contribution in [1.82, 2.24) is 10.2 Å². The molecule has 5 rings (SSSR count). The predicted octanol–water partition coefficient (Wildman–Crippen LogP) is 2.76. The number of nitrogens with zero attached hydrogens (tertiary/aromatic N) is 1. The van der Waals surface area contributed by atoms with Crippen LogP contribution in [0, 0.1) is 0 Å². The highest BCUT2D eigenvalue weighted by Gasteiger charge is 2.60. The molecule has 1 spiro atoms. The van der Waals surface area contributed by atoms with E-state index in [9.17, 15) is 18.0 Å². The summed E-state index contributed by atoms with van der Waals surface area (Å²) in [4.78, 5) is 27.3. The van der Waals surface area contributed by atoms with Crippen molar-refractivity contribution in [2.45, 2.75) is 40.7 Å². The third kappa shape index (κ3) is 3.99. The lowest BCUT2D eigenvalue weighted by atomic mass is 9.73. The van der Waals surface area contributed by atoms with Crippen molar-refractivity contribution < 1.29 is 22.7 Å². The highest BCUT2D eigenvalue weighted by Crippen LogP contribution is 2.47. The molecular formula is C25H28ClN3O5S. The molecule has 1 aliphatic carbocycles. The van der Waals surface area contributed by atoms with E-state index in [0.29, 0.717) is 49.6 Å². The van der Waals surface area contributed by atoms with Crippen LogP contribution in [0.1, 0.15) is 31.2 Å². The normalized spacial score (nSPS) is 20.2. The lowest BCUT2D eigenvalue weighted by Crippen LogP contribution is -2.47. The van der Waals surface area contributed by atoms with E-state index in [2.05, 4.69) is 15.5 Å². The zero-order chi connectivity index (χ0) is 24.8. The lowest BCUT2D eigenvalue weighted by Gasteiger charge is -2.37. The van der Waals surface area contributed by atoms with E-state index in [1.807, 2.05) is 12.1 Å². The number of fused-ring (bicyclic) bond motifs is 2. The van der Waals surface area contributed by atoms with E-state index in [-0.39, 0.29) is 10.8 Å². The first kappa shape index (κ1) is 24.1. The summed E-state index contributed by atoms with van der Waals surface area (Å²) in [5, 5.41) is 6.10. The van der Waals surface area contributed by atoms with Crippen LogP contribution < -0.4 is 15.4 Å². The predicted molar refractivity (Wildman–Crippen MR) is 133 cm³/mol. The molecule has 1 saturated carbocycles. The van der Waals surface area contributed by atoms with Gasteiger partial charge in [-0.25, -0.2) is 8.42 Å². The van der Waals surface area contributed by atoms with Gasteiger partial charge in [0, 0.05) is 24.3 Å². The van der Waals surface area contributed by atoms with E-state index in [1.54, 1.807) is 18.2 Å². The number of hydrogen-bond acceptors (Lipinski definition) is 6. The van der Waals surface area contributed by atoms with Gasteiger partial charge in [0.15, 0.2) is 14.6 Å². The minimum Gasteiger partial charge on any atom is -0.492 e. The van der Waals surface area contributed by atoms with Crippen LogP contribution in [0.15, 0.2) is 47.4 Å². The third-order valence-corrected chi connectivity index (χ3v) is 10.3. The maximum absolute atomic E-state index is 12.9. The SMILES string of the molecule is CNC(=O)C1(S(=O)(=O)c2ccc(OCCN3CCC4(CC3)C(=O)Nc3ccc(Cl)cc34)cc2)CC1. The number of benzene rings is 2. The number of halogens is 1. The van der Waals surface area contributed by atoms with Crippen molar-refractivity contribution in [3.63, 3.8) is 0 Å². The van der Waals surface area contributed by atoms with Crippen molar-refractivity contribution >= 4 is 38.9 Å². The molecule has 0 aromatic heterocycles. The van der Waals surface area contributed by atoms with E-state index in [4.69, 9.17) is 16.3 Å². The average molecular weight is 518 g/mol. The Morgan fingerprint density at radius 1 is 1.11 bits per heavy atom. The largest absolute Gasteiger partial charge is 0.492 e. The van der Waals surface area contributed by atoms with E-state index >= 15 is 0 Å². The second kappa shape index (κ2) is 8.80. The first-order valence-electron chi connectivity index (χ1n) is 11.8. The topological polar surface area (TPSA) is 105 Å². The van der Waals surface area contributed by atoms with Crippen molar-refractivity contribution in [3.8, 4) is 5.75 Å². The number of carbonyl (C=O) groups excluding carboxylic acids is 2.